The van der Waals surface area contributed by atoms with Gasteiger partial charge in [-0.2, -0.15) is 0 Å². The van der Waals surface area contributed by atoms with E-state index in [2.05, 4.69) is 10.6 Å². The highest BCUT2D eigenvalue weighted by Gasteiger charge is 2.25. The number of benzene rings is 1. The maximum atomic E-state index is 13.5. The number of hydrogen-bond acceptors (Lipinski definition) is 3. The van der Waals surface area contributed by atoms with Gasteiger partial charge in [0.05, 0.1) is 4.88 Å². The van der Waals surface area contributed by atoms with Gasteiger partial charge in [-0.05, 0) is 55.0 Å². The molecule has 1 atom stereocenters. The largest absolute Gasteiger partial charge is 0.357 e. The predicted octanol–water partition coefficient (Wildman–Crippen LogP) is 3.12. The highest BCUT2D eigenvalue weighted by molar-refractivity contribution is 7.14. The summed E-state index contributed by atoms with van der Waals surface area (Å²) in [5.74, 6) is -2.96. The molecule has 1 unspecified atom stereocenters. The lowest BCUT2D eigenvalue weighted by Gasteiger charge is -2.17. The molecule has 25 heavy (non-hydrogen) atoms. The van der Waals surface area contributed by atoms with Crippen molar-refractivity contribution in [1.82, 2.24) is 10.6 Å². The molecular weight excluding hydrogens is 346 g/mol. The second-order valence-corrected chi connectivity index (χ2v) is 7.10. The molecule has 1 aromatic carbocycles. The van der Waals surface area contributed by atoms with Gasteiger partial charge >= 0.3 is 0 Å². The summed E-state index contributed by atoms with van der Waals surface area (Å²) in [6.45, 7) is 0. The fourth-order valence-electron chi connectivity index (χ4n) is 2.94. The highest BCUT2D eigenvalue weighted by Crippen LogP contribution is 2.30. The minimum atomic E-state index is -1.09. The van der Waals surface area contributed by atoms with Crippen molar-refractivity contribution in [3.05, 3.63) is 56.8 Å². The standard InChI is InChI=1S/C18H18F2N2O2S/c1-21-18(24)16(11-6-7-12(19)13(20)8-11)22-17(23)15-9-10-4-2-3-5-14(10)25-15/h6-9,16H,2-5H2,1H3,(H,21,24)(H,22,23). The van der Waals surface area contributed by atoms with Crippen LogP contribution >= 0.6 is 11.3 Å². The molecule has 1 heterocycles. The average Bonchev–Trinajstić information content (AvgIpc) is 3.05. The van der Waals surface area contributed by atoms with E-state index in [-0.39, 0.29) is 5.56 Å². The van der Waals surface area contributed by atoms with E-state index in [0.717, 1.165) is 37.8 Å². The quantitative estimate of drug-likeness (QED) is 0.876. The Morgan fingerprint density at radius 3 is 2.56 bits per heavy atom. The van der Waals surface area contributed by atoms with E-state index in [4.69, 9.17) is 0 Å². The Hall–Kier alpha value is -2.28. The van der Waals surface area contributed by atoms with Crippen molar-refractivity contribution >= 4 is 23.2 Å². The lowest BCUT2D eigenvalue weighted by molar-refractivity contribution is -0.122. The molecule has 0 spiro atoms. The van der Waals surface area contributed by atoms with Crippen LogP contribution in [0.25, 0.3) is 0 Å². The first-order valence-corrected chi connectivity index (χ1v) is 8.90. The summed E-state index contributed by atoms with van der Waals surface area (Å²) in [7, 11) is 1.42. The third-order valence-corrected chi connectivity index (χ3v) is 5.52. The third-order valence-electron chi connectivity index (χ3n) is 4.28. The molecule has 0 aliphatic heterocycles. The minimum absolute atomic E-state index is 0.188. The van der Waals surface area contributed by atoms with Gasteiger partial charge in [-0.15, -0.1) is 11.3 Å². The predicted molar refractivity (Wildman–Crippen MR) is 91.6 cm³/mol. The Kier molecular flexibility index (Phi) is 5.13. The van der Waals surface area contributed by atoms with Gasteiger partial charge in [0, 0.05) is 11.9 Å². The van der Waals surface area contributed by atoms with E-state index in [1.165, 1.54) is 34.9 Å². The molecule has 4 nitrogen and oxygen atoms in total. The van der Waals surface area contributed by atoms with E-state index >= 15 is 0 Å². The van der Waals surface area contributed by atoms with Crippen LogP contribution in [0, 0.1) is 11.6 Å². The van der Waals surface area contributed by atoms with Gasteiger partial charge in [0.25, 0.3) is 5.91 Å². The normalized spacial score (nSPS) is 14.5. The van der Waals surface area contributed by atoms with Crippen molar-refractivity contribution in [3.63, 3.8) is 0 Å². The summed E-state index contributed by atoms with van der Waals surface area (Å²) in [5.41, 5.74) is 1.37. The molecule has 0 saturated heterocycles. The number of halogens is 2. The van der Waals surface area contributed by atoms with Gasteiger partial charge < -0.3 is 10.6 Å². The minimum Gasteiger partial charge on any atom is -0.357 e. The van der Waals surface area contributed by atoms with Gasteiger partial charge in [0.2, 0.25) is 5.91 Å². The van der Waals surface area contributed by atoms with Crippen molar-refractivity contribution in [2.45, 2.75) is 31.7 Å². The molecule has 2 N–H and O–H groups in total. The van der Waals surface area contributed by atoms with E-state index < -0.39 is 29.5 Å². The summed E-state index contributed by atoms with van der Waals surface area (Å²) >= 11 is 1.43. The number of amides is 2. The van der Waals surface area contributed by atoms with Crippen molar-refractivity contribution < 1.29 is 18.4 Å². The first-order valence-electron chi connectivity index (χ1n) is 8.08. The number of carbonyl (C=O) groups is 2. The molecule has 0 saturated carbocycles. The first kappa shape index (κ1) is 17.5. The number of carbonyl (C=O) groups excluding carboxylic acids is 2. The van der Waals surface area contributed by atoms with Gasteiger partial charge in [-0.1, -0.05) is 6.07 Å². The molecule has 2 aromatic rings. The van der Waals surface area contributed by atoms with Crippen LogP contribution in [0.15, 0.2) is 24.3 Å². The average molecular weight is 364 g/mol. The smallest absolute Gasteiger partial charge is 0.262 e. The van der Waals surface area contributed by atoms with E-state index in [1.54, 1.807) is 0 Å². The number of hydrogen-bond donors (Lipinski definition) is 2. The van der Waals surface area contributed by atoms with E-state index in [1.807, 2.05) is 6.07 Å². The SMILES string of the molecule is CNC(=O)C(NC(=O)c1cc2c(s1)CCCC2)c1ccc(F)c(F)c1. The number of fused-ring (bicyclic) bond motifs is 1. The molecule has 0 radical (unpaired) electrons. The zero-order valence-corrected chi connectivity index (χ0v) is 14.5. The first-order chi connectivity index (χ1) is 12.0. The van der Waals surface area contributed by atoms with Gasteiger partial charge in [0.1, 0.15) is 6.04 Å². The maximum Gasteiger partial charge on any atom is 0.262 e. The topological polar surface area (TPSA) is 58.2 Å². The molecular formula is C18H18F2N2O2S. The monoisotopic (exact) mass is 364 g/mol. The number of rotatable bonds is 4. The molecule has 1 aromatic heterocycles. The molecule has 132 valence electrons. The number of thiophene rings is 1. The summed E-state index contributed by atoms with van der Waals surface area (Å²) in [4.78, 5) is 26.4. The molecule has 0 fully saturated rings. The summed E-state index contributed by atoms with van der Waals surface area (Å²) in [6, 6.07) is 3.93. The number of likely N-dealkylation sites (N-methyl/N-ethyl adjacent to an activating group) is 1. The summed E-state index contributed by atoms with van der Waals surface area (Å²) in [6.07, 6.45) is 4.15. The van der Waals surface area contributed by atoms with Crippen LogP contribution in [-0.2, 0) is 17.6 Å². The Labute approximate surface area is 148 Å². The fourth-order valence-corrected chi connectivity index (χ4v) is 4.10. The second kappa shape index (κ2) is 7.31. The maximum absolute atomic E-state index is 13.5. The molecule has 2 amide bonds. The van der Waals surface area contributed by atoms with E-state index in [9.17, 15) is 18.4 Å². The molecule has 0 bridgehead atoms. The number of nitrogens with one attached hydrogen (secondary N) is 2. The highest BCUT2D eigenvalue weighted by atomic mass is 32.1. The zero-order valence-electron chi connectivity index (χ0n) is 13.7. The van der Waals surface area contributed by atoms with E-state index in [0.29, 0.717) is 4.88 Å². The summed E-state index contributed by atoms with van der Waals surface area (Å²) < 4.78 is 26.6. The van der Waals surface area contributed by atoms with Crippen LogP contribution in [0.3, 0.4) is 0 Å². The van der Waals surface area contributed by atoms with Crippen molar-refractivity contribution in [3.8, 4) is 0 Å². The Morgan fingerprint density at radius 1 is 1.12 bits per heavy atom. The molecule has 1 aliphatic rings. The number of aryl methyl sites for hydroxylation is 2. The van der Waals surface area contributed by atoms with Gasteiger partial charge in [0.15, 0.2) is 11.6 Å². The van der Waals surface area contributed by atoms with Crippen molar-refractivity contribution in [2.24, 2.45) is 0 Å². The summed E-state index contributed by atoms with van der Waals surface area (Å²) in [5, 5.41) is 5.06. The van der Waals surface area contributed by atoms with Crippen LogP contribution in [-0.4, -0.2) is 18.9 Å². The Balaban J connectivity index is 1.84. The fraction of sp³-hybridized carbons (Fsp3) is 0.333. The molecule has 1 aliphatic carbocycles. The van der Waals surface area contributed by atoms with Crippen molar-refractivity contribution in [1.29, 1.82) is 0 Å². The van der Waals surface area contributed by atoms with Crippen LogP contribution in [0.4, 0.5) is 8.78 Å². The van der Waals surface area contributed by atoms with Crippen molar-refractivity contribution in [2.75, 3.05) is 7.05 Å². The van der Waals surface area contributed by atoms with Crippen LogP contribution in [0.2, 0.25) is 0 Å². The van der Waals surface area contributed by atoms with Crippen LogP contribution in [0.5, 0.6) is 0 Å². The van der Waals surface area contributed by atoms with Crippen LogP contribution < -0.4 is 10.6 Å². The third kappa shape index (κ3) is 3.71. The van der Waals surface area contributed by atoms with Gasteiger partial charge in [-0.3, -0.25) is 9.59 Å². The second-order valence-electron chi connectivity index (χ2n) is 5.96. The van der Waals surface area contributed by atoms with Gasteiger partial charge in [-0.25, -0.2) is 8.78 Å². The van der Waals surface area contributed by atoms with Crippen LogP contribution in [0.1, 0.15) is 44.6 Å². The molecule has 3 rings (SSSR count). The molecule has 7 heteroatoms. The Morgan fingerprint density at radius 2 is 1.88 bits per heavy atom. The lowest BCUT2D eigenvalue weighted by Crippen LogP contribution is -2.38. The lowest BCUT2D eigenvalue weighted by atomic mass is 9.99. The zero-order chi connectivity index (χ0) is 18.0. The Bertz CT molecular complexity index is 796.